The maximum atomic E-state index is 14.8. The van der Waals surface area contributed by atoms with Crippen LogP contribution in [0.1, 0.15) is 36.8 Å². The molecule has 6 nitrogen and oxygen atoms in total. The lowest BCUT2D eigenvalue weighted by Gasteiger charge is -2.12. The van der Waals surface area contributed by atoms with Gasteiger partial charge in [-0.05, 0) is 41.8 Å². The van der Waals surface area contributed by atoms with E-state index in [0.717, 1.165) is 22.1 Å². The molecular formula is C30H25BrFN3O3. The number of ether oxygens (including phenoxy) is 1. The summed E-state index contributed by atoms with van der Waals surface area (Å²) in [6.45, 7) is 4.41. The fourth-order valence-corrected chi connectivity index (χ4v) is 5.70. The Morgan fingerprint density at radius 3 is 2.63 bits per heavy atom. The van der Waals surface area contributed by atoms with Gasteiger partial charge in [0.1, 0.15) is 24.0 Å². The Morgan fingerprint density at radius 2 is 1.87 bits per heavy atom. The van der Waals surface area contributed by atoms with Crippen LogP contribution in [0.5, 0.6) is 5.75 Å². The molecule has 6 rings (SSSR count). The van der Waals surface area contributed by atoms with Crippen LogP contribution in [0, 0.1) is 17.2 Å². The molecular weight excluding hydrogens is 549 g/mol. The first-order valence-corrected chi connectivity index (χ1v) is 13.2. The molecule has 0 aliphatic heterocycles. The number of aromatic nitrogens is 3. The Kier molecular flexibility index (Phi) is 5.94. The Hall–Kier alpha value is -3.78. The summed E-state index contributed by atoms with van der Waals surface area (Å²) in [6, 6.07) is 22.5. The summed E-state index contributed by atoms with van der Waals surface area (Å²) < 4.78 is 23.4. The lowest BCUT2D eigenvalue weighted by atomic mass is 10.1. The number of hydrogen-bond acceptors (Lipinski definition) is 4. The van der Waals surface area contributed by atoms with E-state index in [4.69, 9.17) is 9.72 Å². The van der Waals surface area contributed by atoms with Crippen molar-refractivity contribution in [3.8, 4) is 5.75 Å². The van der Waals surface area contributed by atoms with Gasteiger partial charge in [-0.25, -0.2) is 14.4 Å². The van der Waals surface area contributed by atoms with Crippen molar-refractivity contribution in [2.24, 2.45) is 11.3 Å². The normalized spacial score (nSPS) is 18.1. The number of imidazole rings is 1. The van der Waals surface area contributed by atoms with Crippen molar-refractivity contribution in [3.05, 3.63) is 100 Å². The molecule has 2 unspecified atom stereocenters. The molecule has 192 valence electrons. The SMILES string of the molecule is CC1(C)C(C(=O)O)C1c1nc2cc(OCc3ccc4ccccc4n3)ccc2n1Cc1ccc(Br)cc1F. The number of hydrogen-bond donors (Lipinski definition) is 1. The third-order valence-electron chi connectivity index (χ3n) is 7.51. The number of benzene rings is 3. The summed E-state index contributed by atoms with van der Waals surface area (Å²) in [7, 11) is 0. The van der Waals surface area contributed by atoms with Gasteiger partial charge in [0.25, 0.3) is 0 Å². The summed E-state index contributed by atoms with van der Waals surface area (Å²) in [5.74, 6) is -0.740. The number of carbonyl (C=O) groups is 1. The molecule has 5 aromatic rings. The average molecular weight is 574 g/mol. The molecule has 0 bridgehead atoms. The minimum atomic E-state index is -0.847. The quantitative estimate of drug-likeness (QED) is 0.228. The number of rotatable bonds is 7. The molecule has 0 spiro atoms. The van der Waals surface area contributed by atoms with Crippen molar-refractivity contribution >= 4 is 43.8 Å². The first-order chi connectivity index (χ1) is 18.2. The summed E-state index contributed by atoms with van der Waals surface area (Å²) in [4.78, 5) is 21.5. The zero-order chi connectivity index (χ0) is 26.6. The van der Waals surface area contributed by atoms with Crippen LogP contribution < -0.4 is 4.74 Å². The highest BCUT2D eigenvalue weighted by Gasteiger charge is 2.64. The molecule has 8 heteroatoms. The van der Waals surface area contributed by atoms with Crippen molar-refractivity contribution in [1.82, 2.24) is 14.5 Å². The van der Waals surface area contributed by atoms with Crippen LogP contribution in [-0.4, -0.2) is 25.6 Å². The standard InChI is InChI=1S/C30H25BrFN3O3/c1-30(2)26(27(30)29(36)37)28-34-24-14-21(38-16-20-10-8-17-5-3-4-6-23(17)33-20)11-12-25(24)35(28)15-18-7-9-19(31)13-22(18)32/h3-14,26-27H,15-16H2,1-2H3,(H,36,37). The van der Waals surface area contributed by atoms with E-state index in [1.807, 2.05) is 73.0 Å². The van der Waals surface area contributed by atoms with E-state index >= 15 is 0 Å². The van der Waals surface area contributed by atoms with Gasteiger partial charge in [0.2, 0.25) is 0 Å². The topological polar surface area (TPSA) is 77.2 Å². The third-order valence-corrected chi connectivity index (χ3v) is 8.00. The predicted octanol–water partition coefficient (Wildman–Crippen LogP) is 6.94. The number of carboxylic acids is 1. The van der Waals surface area contributed by atoms with Crippen LogP contribution in [0.25, 0.3) is 21.9 Å². The van der Waals surface area contributed by atoms with Crippen molar-refractivity contribution < 1.29 is 19.0 Å². The summed E-state index contributed by atoms with van der Waals surface area (Å²) in [5, 5.41) is 10.9. The van der Waals surface area contributed by atoms with Crippen molar-refractivity contribution in [2.45, 2.75) is 32.9 Å². The lowest BCUT2D eigenvalue weighted by Crippen LogP contribution is -2.08. The number of para-hydroxylation sites is 1. The van der Waals surface area contributed by atoms with E-state index in [2.05, 4.69) is 20.9 Å². The molecule has 3 aromatic carbocycles. The van der Waals surface area contributed by atoms with Crippen molar-refractivity contribution in [1.29, 1.82) is 0 Å². The lowest BCUT2D eigenvalue weighted by molar-refractivity contribution is -0.139. The number of nitrogens with zero attached hydrogens (tertiary/aromatic N) is 3. The van der Waals surface area contributed by atoms with Gasteiger partial charge >= 0.3 is 5.97 Å². The number of aliphatic carboxylic acids is 1. The van der Waals surface area contributed by atoms with Crippen LogP contribution in [0.2, 0.25) is 0 Å². The van der Waals surface area contributed by atoms with E-state index in [1.165, 1.54) is 6.07 Å². The Bertz CT molecular complexity index is 1710. The van der Waals surface area contributed by atoms with Gasteiger partial charge in [0.05, 0.1) is 34.7 Å². The minimum Gasteiger partial charge on any atom is -0.487 e. The smallest absolute Gasteiger partial charge is 0.307 e. The highest BCUT2D eigenvalue weighted by molar-refractivity contribution is 9.10. The van der Waals surface area contributed by atoms with Gasteiger partial charge in [-0.1, -0.05) is 60.1 Å². The molecule has 1 fully saturated rings. The van der Waals surface area contributed by atoms with E-state index in [1.54, 1.807) is 12.1 Å². The maximum Gasteiger partial charge on any atom is 0.307 e. The van der Waals surface area contributed by atoms with Crippen LogP contribution in [0.3, 0.4) is 0 Å². The second-order valence-electron chi connectivity index (χ2n) is 10.3. The van der Waals surface area contributed by atoms with Gasteiger partial charge in [-0.3, -0.25) is 4.79 Å². The van der Waals surface area contributed by atoms with Gasteiger partial charge in [-0.15, -0.1) is 0 Å². The van der Waals surface area contributed by atoms with Crippen molar-refractivity contribution in [3.63, 3.8) is 0 Å². The number of fused-ring (bicyclic) bond motifs is 2. The van der Waals surface area contributed by atoms with Gasteiger partial charge < -0.3 is 14.4 Å². The highest BCUT2D eigenvalue weighted by atomic mass is 79.9. The zero-order valence-corrected chi connectivity index (χ0v) is 22.4. The van der Waals surface area contributed by atoms with E-state index in [9.17, 15) is 14.3 Å². The molecule has 2 aromatic heterocycles. The Balaban J connectivity index is 1.34. The molecule has 1 aliphatic carbocycles. The second-order valence-corrected chi connectivity index (χ2v) is 11.3. The summed E-state index contributed by atoms with van der Waals surface area (Å²) in [5.41, 5.74) is 3.24. The van der Waals surface area contributed by atoms with E-state index in [-0.39, 0.29) is 18.3 Å². The van der Waals surface area contributed by atoms with Gasteiger partial charge in [0.15, 0.2) is 0 Å². The average Bonchev–Trinajstić information content (AvgIpc) is 3.31. The number of halogens is 2. The predicted molar refractivity (Wildman–Crippen MR) is 147 cm³/mol. The maximum absolute atomic E-state index is 14.8. The first kappa shape index (κ1) is 24.6. The van der Waals surface area contributed by atoms with Crippen LogP contribution in [0.4, 0.5) is 4.39 Å². The van der Waals surface area contributed by atoms with E-state index in [0.29, 0.717) is 33.7 Å². The monoisotopic (exact) mass is 573 g/mol. The molecule has 1 saturated carbocycles. The molecule has 2 heterocycles. The van der Waals surface area contributed by atoms with Crippen molar-refractivity contribution in [2.75, 3.05) is 0 Å². The van der Waals surface area contributed by atoms with Crippen LogP contribution in [0.15, 0.2) is 77.3 Å². The third kappa shape index (κ3) is 4.32. The largest absolute Gasteiger partial charge is 0.487 e. The molecule has 1 N–H and O–H groups in total. The molecule has 38 heavy (non-hydrogen) atoms. The minimum absolute atomic E-state index is 0.241. The summed E-state index contributed by atoms with van der Waals surface area (Å²) >= 11 is 3.31. The molecule has 2 atom stereocenters. The zero-order valence-electron chi connectivity index (χ0n) is 20.9. The van der Waals surface area contributed by atoms with Crippen LogP contribution in [-0.2, 0) is 17.9 Å². The highest BCUT2D eigenvalue weighted by Crippen LogP contribution is 2.64. The fourth-order valence-electron chi connectivity index (χ4n) is 5.37. The molecule has 0 amide bonds. The second kappa shape index (κ2) is 9.20. The fraction of sp³-hybridized carbons (Fsp3) is 0.233. The first-order valence-electron chi connectivity index (χ1n) is 12.4. The number of pyridine rings is 1. The molecule has 0 saturated heterocycles. The Morgan fingerprint density at radius 1 is 1.05 bits per heavy atom. The molecule has 1 aliphatic rings. The van der Waals surface area contributed by atoms with Crippen LogP contribution >= 0.6 is 15.9 Å². The number of carboxylic acid groups (broad SMARTS) is 1. The molecule has 0 radical (unpaired) electrons. The summed E-state index contributed by atoms with van der Waals surface area (Å²) in [6.07, 6.45) is 0. The Labute approximate surface area is 227 Å². The van der Waals surface area contributed by atoms with Gasteiger partial charge in [-0.2, -0.15) is 0 Å². The van der Waals surface area contributed by atoms with E-state index < -0.39 is 17.3 Å². The van der Waals surface area contributed by atoms with Gasteiger partial charge in [0, 0.05) is 27.4 Å².